The monoisotopic (exact) mass is 369 g/mol. The molecule has 124 valence electrons. The lowest BCUT2D eigenvalue weighted by Crippen LogP contribution is -2.45. The molecule has 0 aliphatic heterocycles. The molecule has 1 saturated carbocycles. The van der Waals surface area contributed by atoms with E-state index < -0.39 is 0 Å². The standard InChI is InChI=1S/C16H28BrN5/c1-12(22(5)14-6-7-14)9-19-16(18-2)21(4)11-15-8-13(17)10-20(15)3/h8,10,12,14H,6-7,9,11H2,1-5H3,(H,18,19). The van der Waals surface area contributed by atoms with Crippen molar-refractivity contribution < 1.29 is 0 Å². The van der Waals surface area contributed by atoms with Crippen molar-refractivity contribution >= 4 is 21.9 Å². The summed E-state index contributed by atoms with van der Waals surface area (Å²) >= 11 is 3.52. The number of nitrogens with one attached hydrogen (secondary N) is 1. The Morgan fingerprint density at radius 3 is 2.68 bits per heavy atom. The third-order valence-electron chi connectivity index (χ3n) is 4.42. The van der Waals surface area contributed by atoms with Crippen molar-refractivity contribution in [2.45, 2.75) is 38.4 Å². The normalized spacial score (nSPS) is 17.0. The van der Waals surface area contributed by atoms with Gasteiger partial charge in [-0.15, -0.1) is 0 Å². The molecular weight excluding hydrogens is 342 g/mol. The third kappa shape index (κ3) is 4.49. The second kappa shape index (κ2) is 7.51. The van der Waals surface area contributed by atoms with Gasteiger partial charge in [-0.2, -0.15) is 0 Å². The first-order valence-electron chi connectivity index (χ1n) is 7.86. The Bertz CT molecular complexity index is 521. The number of hydrogen-bond acceptors (Lipinski definition) is 2. The van der Waals surface area contributed by atoms with Crippen molar-refractivity contribution in [3.8, 4) is 0 Å². The van der Waals surface area contributed by atoms with E-state index in [0.717, 1.165) is 29.6 Å². The lowest BCUT2D eigenvalue weighted by atomic mass is 10.3. The van der Waals surface area contributed by atoms with Crippen LogP contribution < -0.4 is 5.32 Å². The molecule has 5 nitrogen and oxygen atoms in total. The van der Waals surface area contributed by atoms with Gasteiger partial charge in [-0.1, -0.05) is 0 Å². The fourth-order valence-electron chi connectivity index (χ4n) is 2.65. The quantitative estimate of drug-likeness (QED) is 0.617. The lowest BCUT2D eigenvalue weighted by Gasteiger charge is -2.28. The number of aliphatic imine (C=N–C) groups is 1. The summed E-state index contributed by atoms with van der Waals surface area (Å²) in [6, 6.07) is 3.45. The highest BCUT2D eigenvalue weighted by Gasteiger charge is 2.29. The summed E-state index contributed by atoms with van der Waals surface area (Å²) in [6.45, 7) is 4.02. The average Bonchev–Trinajstić information content (AvgIpc) is 3.26. The van der Waals surface area contributed by atoms with Crippen LogP contribution in [-0.4, -0.2) is 60.1 Å². The van der Waals surface area contributed by atoms with Gasteiger partial charge in [0, 0.05) is 56.1 Å². The smallest absolute Gasteiger partial charge is 0.193 e. The van der Waals surface area contributed by atoms with E-state index in [1.54, 1.807) is 0 Å². The number of halogens is 1. The summed E-state index contributed by atoms with van der Waals surface area (Å²) < 4.78 is 3.25. The van der Waals surface area contributed by atoms with Crippen LogP contribution in [0.15, 0.2) is 21.7 Å². The lowest BCUT2D eigenvalue weighted by molar-refractivity contribution is 0.246. The Morgan fingerprint density at radius 1 is 1.50 bits per heavy atom. The van der Waals surface area contributed by atoms with Crippen LogP contribution in [0.1, 0.15) is 25.5 Å². The molecule has 1 unspecified atom stereocenters. The fourth-order valence-corrected chi connectivity index (χ4v) is 3.22. The fraction of sp³-hybridized carbons (Fsp3) is 0.688. The van der Waals surface area contributed by atoms with Crippen molar-refractivity contribution in [3.63, 3.8) is 0 Å². The van der Waals surface area contributed by atoms with Crippen molar-refractivity contribution in [2.24, 2.45) is 12.0 Å². The van der Waals surface area contributed by atoms with Gasteiger partial charge in [-0.3, -0.25) is 9.89 Å². The second-order valence-electron chi connectivity index (χ2n) is 6.29. The molecular formula is C16H28BrN5. The molecule has 1 heterocycles. The second-order valence-corrected chi connectivity index (χ2v) is 7.21. The predicted molar refractivity (Wildman–Crippen MR) is 96.2 cm³/mol. The Morgan fingerprint density at radius 2 is 2.18 bits per heavy atom. The van der Waals surface area contributed by atoms with Crippen LogP contribution in [0, 0.1) is 0 Å². The van der Waals surface area contributed by atoms with Crippen LogP contribution in [0.4, 0.5) is 0 Å². The van der Waals surface area contributed by atoms with Gasteiger partial charge < -0.3 is 14.8 Å². The molecule has 1 aliphatic carbocycles. The third-order valence-corrected chi connectivity index (χ3v) is 4.85. The van der Waals surface area contributed by atoms with Gasteiger partial charge in [-0.05, 0) is 48.8 Å². The van der Waals surface area contributed by atoms with Gasteiger partial charge in [0.1, 0.15) is 0 Å². The van der Waals surface area contributed by atoms with Crippen molar-refractivity contribution in [1.29, 1.82) is 0 Å². The van der Waals surface area contributed by atoms with E-state index in [9.17, 15) is 0 Å². The molecule has 1 fully saturated rings. The van der Waals surface area contributed by atoms with Crippen LogP contribution in [-0.2, 0) is 13.6 Å². The van der Waals surface area contributed by atoms with E-state index in [1.165, 1.54) is 18.5 Å². The van der Waals surface area contributed by atoms with Crippen molar-refractivity contribution in [3.05, 3.63) is 22.4 Å². The Hall–Kier alpha value is -1.01. The molecule has 0 bridgehead atoms. The molecule has 0 saturated heterocycles. The van der Waals surface area contributed by atoms with E-state index >= 15 is 0 Å². The van der Waals surface area contributed by atoms with Gasteiger partial charge in [0.05, 0.1) is 6.54 Å². The van der Waals surface area contributed by atoms with E-state index in [2.05, 4.69) is 80.9 Å². The maximum atomic E-state index is 4.40. The first-order chi connectivity index (χ1) is 10.4. The van der Waals surface area contributed by atoms with Gasteiger partial charge in [-0.25, -0.2) is 0 Å². The summed E-state index contributed by atoms with van der Waals surface area (Å²) in [5, 5.41) is 3.49. The molecule has 2 rings (SSSR count). The molecule has 1 atom stereocenters. The minimum Gasteiger partial charge on any atom is -0.355 e. The molecule has 1 aromatic heterocycles. The van der Waals surface area contributed by atoms with Gasteiger partial charge in [0.25, 0.3) is 0 Å². The van der Waals surface area contributed by atoms with E-state index in [4.69, 9.17) is 0 Å². The van der Waals surface area contributed by atoms with Crippen LogP contribution in [0.5, 0.6) is 0 Å². The van der Waals surface area contributed by atoms with Crippen LogP contribution in [0.25, 0.3) is 0 Å². The SMILES string of the molecule is CN=C(NCC(C)N(C)C1CC1)N(C)Cc1cc(Br)cn1C. The van der Waals surface area contributed by atoms with E-state index in [0.29, 0.717) is 6.04 Å². The maximum absolute atomic E-state index is 4.40. The molecule has 0 radical (unpaired) electrons. The summed E-state index contributed by atoms with van der Waals surface area (Å²) in [5.41, 5.74) is 1.25. The highest BCUT2D eigenvalue weighted by Crippen LogP contribution is 2.26. The Kier molecular flexibility index (Phi) is 5.92. The van der Waals surface area contributed by atoms with Crippen LogP contribution in [0.2, 0.25) is 0 Å². The summed E-state index contributed by atoms with van der Waals surface area (Å²) in [6.07, 6.45) is 4.77. The Balaban J connectivity index is 1.86. The number of nitrogens with zero attached hydrogens (tertiary/aromatic N) is 4. The first-order valence-corrected chi connectivity index (χ1v) is 8.66. The van der Waals surface area contributed by atoms with Crippen molar-refractivity contribution in [1.82, 2.24) is 19.7 Å². The molecule has 22 heavy (non-hydrogen) atoms. The van der Waals surface area contributed by atoms with Crippen LogP contribution >= 0.6 is 15.9 Å². The topological polar surface area (TPSA) is 35.8 Å². The van der Waals surface area contributed by atoms with Gasteiger partial charge in [0.2, 0.25) is 0 Å². The number of hydrogen-bond donors (Lipinski definition) is 1. The van der Waals surface area contributed by atoms with Gasteiger partial charge in [0.15, 0.2) is 5.96 Å². The molecule has 1 aliphatic rings. The number of guanidine groups is 1. The zero-order valence-corrected chi connectivity index (χ0v) is 15.9. The Labute approximate surface area is 142 Å². The summed E-state index contributed by atoms with van der Waals surface area (Å²) in [5.74, 6) is 0.938. The molecule has 0 spiro atoms. The zero-order valence-electron chi connectivity index (χ0n) is 14.3. The highest BCUT2D eigenvalue weighted by molar-refractivity contribution is 9.10. The summed E-state index contributed by atoms with van der Waals surface area (Å²) in [7, 11) is 8.20. The maximum Gasteiger partial charge on any atom is 0.193 e. The zero-order chi connectivity index (χ0) is 16.3. The predicted octanol–water partition coefficient (Wildman–Crippen LogP) is 2.28. The van der Waals surface area contributed by atoms with Crippen LogP contribution in [0.3, 0.4) is 0 Å². The number of aryl methyl sites for hydroxylation is 1. The highest BCUT2D eigenvalue weighted by atomic mass is 79.9. The van der Waals surface area contributed by atoms with Gasteiger partial charge >= 0.3 is 0 Å². The number of aromatic nitrogens is 1. The molecule has 6 heteroatoms. The summed E-state index contributed by atoms with van der Waals surface area (Å²) in [4.78, 5) is 9.03. The minimum atomic E-state index is 0.516. The minimum absolute atomic E-state index is 0.516. The van der Waals surface area contributed by atoms with E-state index in [1.807, 2.05) is 7.05 Å². The molecule has 0 aromatic carbocycles. The average molecular weight is 370 g/mol. The first kappa shape index (κ1) is 17.3. The molecule has 1 N–H and O–H groups in total. The molecule has 1 aromatic rings. The number of likely N-dealkylation sites (N-methyl/N-ethyl adjacent to an activating group) is 1. The molecule has 0 amide bonds. The van der Waals surface area contributed by atoms with E-state index in [-0.39, 0.29) is 0 Å². The largest absolute Gasteiger partial charge is 0.355 e. The number of rotatable bonds is 6. The van der Waals surface area contributed by atoms with Crippen molar-refractivity contribution in [2.75, 3.05) is 27.7 Å².